The van der Waals surface area contributed by atoms with Crippen LogP contribution in [0.25, 0.3) is 11.0 Å². The average molecular weight is 691 g/mol. The quantitative estimate of drug-likeness (QED) is 0.149. The van der Waals surface area contributed by atoms with Crippen LogP contribution in [-0.4, -0.2) is 158 Å². The number of ether oxygens (including phenoxy) is 3. The number of amides is 2. The standard InChI is InChI=1S/C33H50N6O10/c1-20(40)37-25-23(41)14-33(30(45)46,7-10-39-11-12-47-18-32(39)6-9-38(17-32)19-48-31(2,3)4)49-27(25)26(43)24(42)16-36-29(44)22-13-21-5-8-34-28(21)35-15-22/h5,8,13,15,23-27,41-43H,6-7,9-12,14,16-19H2,1-4H3,(H,34,35)(H,36,44)(H,37,40)(H,45,46)/t23-,24+,25+,26+,27+,32-,33+/m0/s1. The number of hydrogen-bond donors (Lipinski definition) is 7. The van der Waals surface area contributed by atoms with Gasteiger partial charge in [-0.3, -0.25) is 19.4 Å². The fourth-order valence-corrected chi connectivity index (χ4v) is 7.01. The van der Waals surface area contributed by atoms with Crippen LogP contribution in [-0.2, 0) is 23.8 Å². The van der Waals surface area contributed by atoms with E-state index in [4.69, 9.17) is 14.2 Å². The average Bonchev–Trinajstić information content (AvgIpc) is 3.69. The van der Waals surface area contributed by atoms with E-state index in [1.807, 2.05) is 20.8 Å². The van der Waals surface area contributed by atoms with Gasteiger partial charge in [-0.05, 0) is 39.3 Å². The number of fused-ring (bicyclic) bond motifs is 1. The normalized spacial score (nSPS) is 29.6. The van der Waals surface area contributed by atoms with Crippen LogP contribution in [0.1, 0.15) is 57.3 Å². The summed E-state index contributed by atoms with van der Waals surface area (Å²) in [5.74, 6) is -2.44. The molecule has 49 heavy (non-hydrogen) atoms. The van der Waals surface area contributed by atoms with Crippen molar-refractivity contribution < 1.29 is 49.0 Å². The Labute approximate surface area is 285 Å². The number of likely N-dealkylation sites (tertiary alicyclic amines) is 1. The Balaban J connectivity index is 1.28. The van der Waals surface area contributed by atoms with E-state index < -0.39 is 60.4 Å². The van der Waals surface area contributed by atoms with E-state index in [-0.39, 0.29) is 29.5 Å². The molecule has 0 radical (unpaired) electrons. The highest BCUT2D eigenvalue weighted by Crippen LogP contribution is 2.37. The topological polar surface area (TPSA) is 219 Å². The number of carboxylic acid groups (broad SMARTS) is 1. The lowest BCUT2D eigenvalue weighted by molar-refractivity contribution is -0.231. The highest BCUT2D eigenvalue weighted by molar-refractivity contribution is 5.96. The Morgan fingerprint density at radius 1 is 1.24 bits per heavy atom. The van der Waals surface area contributed by atoms with Crippen molar-refractivity contribution in [3.63, 3.8) is 0 Å². The second-order valence-corrected chi connectivity index (χ2v) is 14.5. The maximum absolute atomic E-state index is 13.0. The van der Waals surface area contributed by atoms with E-state index in [1.165, 1.54) is 13.1 Å². The van der Waals surface area contributed by atoms with E-state index in [0.29, 0.717) is 50.6 Å². The number of carbonyl (C=O) groups excluding carboxylic acids is 2. The predicted molar refractivity (Wildman–Crippen MR) is 176 cm³/mol. The molecule has 2 aromatic rings. The Bertz CT molecular complexity index is 1480. The Morgan fingerprint density at radius 2 is 2.02 bits per heavy atom. The van der Waals surface area contributed by atoms with Crippen LogP contribution in [0.5, 0.6) is 0 Å². The molecule has 3 aliphatic rings. The van der Waals surface area contributed by atoms with Gasteiger partial charge in [0.15, 0.2) is 5.60 Å². The molecule has 7 atom stereocenters. The highest BCUT2D eigenvalue weighted by atomic mass is 16.6. The Kier molecular flexibility index (Phi) is 11.3. The van der Waals surface area contributed by atoms with Crippen LogP contribution >= 0.6 is 0 Å². The van der Waals surface area contributed by atoms with Crippen molar-refractivity contribution in [2.75, 3.05) is 52.7 Å². The number of hydrogen-bond acceptors (Lipinski definition) is 12. The van der Waals surface area contributed by atoms with Gasteiger partial charge in [0, 0.05) is 70.3 Å². The maximum atomic E-state index is 13.0. The summed E-state index contributed by atoms with van der Waals surface area (Å²) in [6.07, 6.45) is -2.95. The molecule has 5 rings (SSSR count). The molecule has 2 aromatic heterocycles. The minimum absolute atomic E-state index is 0.0445. The van der Waals surface area contributed by atoms with Crippen molar-refractivity contribution in [3.05, 3.63) is 30.1 Å². The summed E-state index contributed by atoms with van der Waals surface area (Å²) in [5, 5.41) is 50.0. The van der Waals surface area contributed by atoms with Crippen LogP contribution in [0.15, 0.2) is 24.5 Å². The third-order valence-electron chi connectivity index (χ3n) is 9.72. The molecule has 7 N–H and O–H groups in total. The number of pyridine rings is 1. The first-order valence-corrected chi connectivity index (χ1v) is 16.7. The molecule has 16 nitrogen and oxygen atoms in total. The van der Waals surface area contributed by atoms with Gasteiger partial charge >= 0.3 is 5.97 Å². The van der Waals surface area contributed by atoms with Crippen LogP contribution in [0.2, 0.25) is 0 Å². The number of nitrogens with one attached hydrogen (secondary N) is 3. The first-order chi connectivity index (χ1) is 23.1. The zero-order chi connectivity index (χ0) is 35.6. The summed E-state index contributed by atoms with van der Waals surface area (Å²) >= 11 is 0. The lowest BCUT2D eigenvalue weighted by Gasteiger charge is -2.49. The van der Waals surface area contributed by atoms with Gasteiger partial charge in [-0.2, -0.15) is 0 Å². The summed E-state index contributed by atoms with van der Waals surface area (Å²) < 4.78 is 18.1. The molecule has 0 saturated carbocycles. The molecule has 0 bridgehead atoms. The molecule has 3 fully saturated rings. The summed E-state index contributed by atoms with van der Waals surface area (Å²) in [6, 6.07) is 2.14. The van der Waals surface area contributed by atoms with Gasteiger partial charge in [0.1, 0.15) is 17.9 Å². The van der Waals surface area contributed by atoms with Crippen molar-refractivity contribution in [3.8, 4) is 0 Å². The fraction of sp³-hybridized carbons (Fsp3) is 0.697. The summed E-state index contributed by atoms with van der Waals surface area (Å²) in [7, 11) is 0. The lowest BCUT2D eigenvalue weighted by Crippen LogP contribution is -2.68. The Morgan fingerprint density at radius 3 is 2.73 bits per heavy atom. The predicted octanol–water partition coefficient (Wildman–Crippen LogP) is -0.568. The van der Waals surface area contributed by atoms with Crippen molar-refractivity contribution in [1.82, 2.24) is 30.4 Å². The largest absolute Gasteiger partial charge is 0.479 e. The van der Waals surface area contributed by atoms with Crippen LogP contribution in [0, 0.1) is 0 Å². The van der Waals surface area contributed by atoms with Gasteiger partial charge in [-0.15, -0.1) is 0 Å². The Hall–Kier alpha value is -3.22. The second kappa shape index (κ2) is 14.9. The number of H-pyrrole nitrogens is 1. The molecular formula is C33H50N6O10. The van der Waals surface area contributed by atoms with Crippen molar-refractivity contribution in [2.24, 2.45) is 0 Å². The van der Waals surface area contributed by atoms with Gasteiger partial charge in [0.25, 0.3) is 5.91 Å². The number of aliphatic carboxylic acids is 1. The van der Waals surface area contributed by atoms with Crippen LogP contribution in [0.4, 0.5) is 0 Å². The summed E-state index contributed by atoms with van der Waals surface area (Å²) in [6.45, 7) is 10.5. The number of carboxylic acids is 1. The lowest BCUT2D eigenvalue weighted by atomic mass is 9.81. The maximum Gasteiger partial charge on any atom is 0.336 e. The molecule has 5 heterocycles. The van der Waals surface area contributed by atoms with Crippen molar-refractivity contribution in [2.45, 2.75) is 94.2 Å². The molecule has 0 unspecified atom stereocenters. The number of aliphatic hydroxyl groups excluding tert-OH is 3. The fourth-order valence-electron chi connectivity index (χ4n) is 7.01. The third kappa shape index (κ3) is 8.57. The van der Waals surface area contributed by atoms with Gasteiger partial charge in [0.05, 0.1) is 54.9 Å². The van der Waals surface area contributed by atoms with Gasteiger partial charge in [-0.1, -0.05) is 0 Å². The number of carbonyl (C=O) groups is 3. The second-order valence-electron chi connectivity index (χ2n) is 14.5. The molecule has 2 amide bonds. The van der Waals surface area contributed by atoms with E-state index in [9.17, 15) is 34.8 Å². The van der Waals surface area contributed by atoms with E-state index in [1.54, 1.807) is 18.3 Å². The van der Waals surface area contributed by atoms with E-state index >= 15 is 0 Å². The number of aromatic amines is 1. The number of aliphatic hydroxyl groups is 3. The molecule has 272 valence electrons. The van der Waals surface area contributed by atoms with Crippen LogP contribution in [0.3, 0.4) is 0 Å². The molecule has 3 aliphatic heterocycles. The first kappa shape index (κ1) is 37.0. The highest BCUT2D eigenvalue weighted by Gasteiger charge is 2.55. The van der Waals surface area contributed by atoms with Gasteiger partial charge < -0.3 is 50.3 Å². The number of rotatable bonds is 12. The van der Waals surface area contributed by atoms with Crippen molar-refractivity contribution >= 4 is 28.8 Å². The number of nitrogens with zero attached hydrogens (tertiary/aromatic N) is 3. The van der Waals surface area contributed by atoms with E-state index in [2.05, 4.69) is 30.4 Å². The molecule has 16 heteroatoms. The SMILES string of the molecule is CC(=O)N[C@H]1[C@H]([C@H](O)[C@H](O)CNC(=O)c2cnc3[nH]ccc3c2)O[C@@](CCN2CCOC[C@@]23CCN(COC(C)(C)C)C3)(C(=O)O)C[C@@H]1O. The summed E-state index contributed by atoms with van der Waals surface area (Å²) in [5.41, 5.74) is -1.78. The van der Waals surface area contributed by atoms with Gasteiger partial charge in [0.2, 0.25) is 5.91 Å². The smallest absolute Gasteiger partial charge is 0.336 e. The molecule has 0 aliphatic carbocycles. The number of morpholine rings is 1. The van der Waals surface area contributed by atoms with Gasteiger partial charge in [-0.25, -0.2) is 9.78 Å². The monoisotopic (exact) mass is 690 g/mol. The molecule has 1 spiro atoms. The molecule has 3 saturated heterocycles. The molecule has 0 aromatic carbocycles. The summed E-state index contributed by atoms with van der Waals surface area (Å²) in [4.78, 5) is 49.4. The minimum atomic E-state index is -1.95. The first-order valence-electron chi connectivity index (χ1n) is 16.7. The van der Waals surface area contributed by atoms with Crippen LogP contribution < -0.4 is 10.6 Å². The zero-order valence-electron chi connectivity index (χ0n) is 28.6. The minimum Gasteiger partial charge on any atom is -0.479 e. The third-order valence-corrected chi connectivity index (χ3v) is 9.72. The van der Waals surface area contributed by atoms with Crippen molar-refractivity contribution in [1.29, 1.82) is 0 Å². The number of aromatic nitrogens is 2. The molecular weight excluding hydrogens is 640 g/mol. The zero-order valence-corrected chi connectivity index (χ0v) is 28.6. The van der Waals surface area contributed by atoms with E-state index in [0.717, 1.165) is 13.0 Å².